The van der Waals surface area contributed by atoms with E-state index >= 15 is 0 Å². The zero-order valence-corrected chi connectivity index (χ0v) is 14.4. The fraction of sp³-hybridized carbons (Fsp3) is 0.0769. The van der Waals surface area contributed by atoms with Crippen molar-refractivity contribution in [2.75, 3.05) is 0 Å². The minimum atomic E-state index is -3.90. The van der Waals surface area contributed by atoms with Crippen LogP contribution in [0.2, 0.25) is 10.0 Å². The molecule has 0 aliphatic heterocycles. The number of benzene rings is 2. The summed E-state index contributed by atoms with van der Waals surface area (Å²) in [5, 5.41) is 6.06. The van der Waals surface area contributed by atoms with E-state index in [0.717, 1.165) is 0 Å². The van der Waals surface area contributed by atoms with E-state index in [2.05, 4.69) is 15.9 Å². The van der Waals surface area contributed by atoms with Gasteiger partial charge in [-0.2, -0.15) is 0 Å². The SMILES string of the molecule is NS(=O)(=O)c1cc(Br)ccc1OCc1c(Cl)cccc1Cl. The Morgan fingerprint density at radius 3 is 2.33 bits per heavy atom. The molecule has 0 aromatic heterocycles. The Labute approximate surface area is 141 Å². The summed E-state index contributed by atoms with van der Waals surface area (Å²) in [6, 6.07) is 9.60. The zero-order chi connectivity index (χ0) is 15.6. The second-order valence-electron chi connectivity index (χ2n) is 4.12. The lowest BCUT2D eigenvalue weighted by Crippen LogP contribution is -2.14. The van der Waals surface area contributed by atoms with E-state index in [9.17, 15) is 8.42 Å². The predicted molar refractivity (Wildman–Crippen MR) is 86.3 cm³/mol. The van der Waals surface area contributed by atoms with Crippen LogP contribution >= 0.6 is 39.1 Å². The van der Waals surface area contributed by atoms with Crippen LogP contribution in [0.5, 0.6) is 5.75 Å². The Kier molecular flexibility index (Phi) is 5.16. The number of halogens is 3. The lowest BCUT2D eigenvalue weighted by Gasteiger charge is -2.12. The predicted octanol–water partition coefficient (Wildman–Crippen LogP) is 3.98. The quantitative estimate of drug-likeness (QED) is 0.828. The summed E-state index contributed by atoms with van der Waals surface area (Å²) in [7, 11) is -3.90. The van der Waals surface area contributed by atoms with Gasteiger partial charge in [0.05, 0.1) is 0 Å². The van der Waals surface area contributed by atoms with Crippen LogP contribution in [-0.4, -0.2) is 8.42 Å². The Morgan fingerprint density at radius 2 is 1.76 bits per heavy atom. The molecule has 0 unspecified atom stereocenters. The van der Waals surface area contributed by atoms with E-state index in [1.54, 1.807) is 24.3 Å². The molecule has 8 heteroatoms. The Bertz CT molecular complexity index is 761. The first-order chi connectivity index (χ1) is 9.79. The number of nitrogens with two attached hydrogens (primary N) is 1. The first kappa shape index (κ1) is 16.6. The third-order valence-electron chi connectivity index (χ3n) is 2.65. The van der Waals surface area contributed by atoms with Gasteiger partial charge >= 0.3 is 0 Å². The van der Waals surface area contributed by atoms with Crippen LogP contribution < -0.4 is 9.88 Å². The van der Waals surface area contributed by atoms with Gasteiger partial charge < -0.3 is 4.74 Å². The molecule has 2 aromatic carbocycles. The maximum Gasteiger partial charge on any atom is 0.241 e. The van der Waals surface area contributed by atoms with Crippen molar-refractivity contribution in [3.8, 4) is 5.75 Å². The van der Waals surface area contributed by atoms with Crippen molar-refractivity contribution in [2.45, 2.75) is 11.5 Å². The first-order valence-electron chi connectivity index (χ1n) is 5.67. The third-order valence-corrected chi connectivity index (χ3v) is 4.78. The summed E-state index contributed by atoms with van der Waals surface area (Å²) in [5.74, 6) is 0.136. The van der Waals surface area contributed by atoms with E-state index in [0.29, 0.717) is 20.1 Å². The Balaban J connectivity index is 2.33. The van der Waals surface area contributed by atoms with Gasteiger partial charge in [0, 0.05) is 20.1 Å². The summed E-state index contributed by atoms with van der Waals surface area (Å²) in [6.07, 6.45) is 0. The number of ether oxygens (including phenoxy) is 1. The van der Waals surface area contributed by atoms with Gasteiger partial charge in [-0.05, 0) is 30.3 Å². The van der Waals surface area contributed by atoms with E-state index in [1.165, 1.54) is 12.1 Å². The van der Waals surface area contributed by atoms with Crippen molar-refractivity contribution in [1.29, 1.82) is 0 Å². The molecule has 112 valence electrons. The summed E-state index contributed by atoms with van der Waals surface area (Å²) in [5.41, 5.74) is 0.573. The van der Waals surface area contributed by atoms with Gasteiger partial charge in [0.1, 0.15) is 17.3 Å². The third kappa shape index (κ3) is 4.11. The minimum absolute atomic E-state index is 0.0304. The summed E-state index contributed by atoms with van der Waals surface area (Å²) < 4.78 is 29.2. The number of hydrogen-bond acceptors (Lipinski definition) is 3. The second-order valence-corrected chi connectivity index (χ2v) is 7.38. The maximum absolute atomic E-state index is 11.6. The van der Waals surface area contributed by atoms with Crippen LogP contribution in [0.25, 0.3) is 0 Å². The van der Waals surface area contributed by atoms with E-state index in [4.69, 9.17) is 33.1 Å². The van der Waals surface area contributed by atoms with Crippen molar-refractivity contribution in [3.63, 3.8) is 0 Å². The van der Waals surface area contributed by atoms with Crippen molar-refractivity contribution >= 4 is 49.2 Å². The summed E-state index contributed by atoms with van der Waals surface area (Å²) in [6.45, 7) is 0.0304. The number of rotatable bonds is 4. The maximum atomic E-state index is 11.6. The Hall–Kier alpha value is -0.790. The molecule has 0 heterocycles. The molecule has 0 aliphatic rings. The molecule has 0 bridgehead atoms. The molecule has 0 saturated heterocycles. The highest BCUT2D eigenvalue weighted by molar-refractivity contribution is 9.10. The molecule has 0 fully saturated rings. The van der Waals surface area contributed by atoms with Crippen LogP contribution in [0.15, 0.2) is 45.8 Å². The van der Waals surface area contributed by atoms with E-state index < -0.39 is 10.0 Å². The minimum Gasteiger partial charge on any atom is -0.487 e. The monoisotopic (exact) mass is 409 g/mol. The Morgan fingerprint density at radius 1 is 1.14 bits per heavy atom. The lowest BCUT2D eigenvalue weighted by atomic mass is 10.2. The standard InChI is InChI=1S/C13H10BrCl2NO3S/c14-8-4-5-12(13(6-8)21(17,18)19)20-7-9-10(15)2-1-3-11(9)16/h1-6H,7H2,(H2,17,18,19). The highest BCUT2D eigenvalue weighted by Crippen LogP contribution is 2.30. The van der Waals surface area contributed by atoms with Crippen LogP contribution in [0, 0.1) is 0 Å². The highest BCUT2D eigenvalue weighted by Gasteiger charge is 2.16. The molecule has 0 spiro atoms. The smallest absolute Gasteiger partial charge is 0.241 e. The second kappa shape index (κ2) is 6.54. The molecular weight excluding hydrogens is 401 g/mol. The molecule has 4 nitrogen and oxygen atoms in total. The first-order valence-corrected chi connectivity index (χ1v) is 8.76. The average molecular weight is 411 g/mol. The average Bonchev–Trinajstić information content (AvgIpc) is 2.38. The molecule has 0 aliphatic carbocycles. The molecule has 21 heavy (non-hydrogen) atoms. The molecule has 0 amide bonds. The summed E-state index contributed by atoms with van der Waals surface area (Å²) in [4.78, 5) is -0.111. The number of hydrogen-bond donors (Lipinski definition) is 1. The molecule has 2 N–H and O–H groups in total. The van der Waals surface area contributed by atoms with Crippen LogP contribution in [-0.2, 0) is 16.6 Å². The van der Waals surface area contributed by atoms with Crippen molar-refractivity contribution in [1.82, 2.24) is 0 Å². The van der Waals surface area contributed by atoms with Crippen molar-refractivity contribution < 1.29 is 13.2 Å². The van der Waals surface area contributed by atoms with Gasteiger partial charge in [0.15, 0.2) is 0 Å². The van der Waals surface area contributed by atoms with Crippen LogP contribution in [0.1, 0.15) is 5.56 Å². The van der Waals surface area contributed by atoms with Gasteiger partial charge in [-0.3, -0.25) is 0 Å². The molecule has 0 atom stereocenters. The van der Waals surface area contributed by atoms with Crippen LogP contribution in [0.4, 0.5) is 0 Å². The molecular formula is C13H10BrCl2NO3S. The van der Waals surface area contributed by atoms with Gasteiger partial charge in [0.2, 0.25) is 10.0 Å². The van der Waals surface area contributed by atoms with Crippen molar-refractivity contribution in [2.24, 2.45) is 5.14 Å². The van der Waals surface area contributed by atoms with Crippen molar-refractivity contribution in [3.05, 3.63) is 56.5 Å². The molecule has 2 aromatic rings. The van der Waals surface area contributed by atoms with E-state index in [1.807, 2.05) is 0 Å². The van der Waals surface area contributed by atoms with E-state index in [-0.39, 0.29) is 17.3 Å². The topological polar surface area (TPSA) is 69.4 Å². The highest BCUT2D eigenvalue weighted by atomic mass is 79.9. The fourth-order valence-corrected chi connectivity index (χ4v) is 3.36. The molecule has 0 radical (unpaired) electrons. The summed E-state index contributed by atoms with van der Waals surface area (Å²) >= 11 is 15.3. The normalized spacial score (nSPS) is 11.4. The van der Waals surface area contributed by atoms with Gasteiger partial charge in [-0.1, -0.05) is 45.2 Å². The molecule has 2 rings (SSSR count). The zero-order valence-electron chi connectivity index (χ0n) is 10.5. The number of primary sulfonamides is 1. The van der Waals surface area contributed by atoms with Gasteiger partial charge in [0.25, 0.3) is 0 Å². The van der Waals surface area contributed by atoms with Gasteiger partial charge in [-0.15, -0.1) is 0 Å². The largest absolute Gasteiger partial charge is 0.487 e. The van der Waals surface area contributed by atoms with Gasteiger partial charge in [-0.25, -0.2) is 13.6 Å². The number of sulfonamides is 1. The fourth-order valence-electron chi connectivity index (χ4n) is 1.64. The lowest BCUT2D eigenvalue weighted by molar-refractivity contribution is 0.298. The molecule has 0 saturated carbocycles. The van der Waals surface area contributed by atoms with Crippen LogP contribution in [0.3, 0.4) is 0 Å².